The highest BCUT2D eigenvalue weighted by Gasteiger charge is 2.19. The summed E-state index contributed by atoms with van der Waals surface area (Å²) in [5, 5.41) is 9.90. The summed E-state index contributed by atoms with van der Waals surface area (Å²) in [6, 6.07) is 18.1. The van der Waals surface area contributed by atoms with Crippen LogP contribution in [0.1, 0.15) is 45.2 Å². The van der Waals surface area contributed by atoms with Crippen molar-refractivity contribution < 1.29 is 9.59 Å². The summed E-state index contributed by atoms with van der Waals surface area (Å²) >= 11 is 0. The highest BCUT2D eigenvalue weighted by Crippen LogP contribution is 2.18. The number of amides is 2. The van der Waals surface area contributed by atoms with Crippen molar-refractivity contribution in [2.24, 2.45) is 0 Å². The number of benzene rings is 2. The molecule has 0 saturated carbocycles. The number of para-hydroxylation sites is 1. The lowest BCUT2D eigenvalue weighted by Crippen LogP contribution is -2.28. The number of carbonyl (C=O) groups is 2. The van der Waals surface area contributed by atoms with E-state index in [1.54, 1.807) is 36.5 Å². The lowest BCUT2D eigenvalue weighted by atomic mass is 10.1. The van der Waals surface area contributed by atoms with E-state index in [0.717, 1.165) is 11.3 Å². The molecule has 4 rings (SSSR count). The van der Waals surface area contributed by atoms with E-state index in [2.05, 4.69) is 25.7 Å². The van der Waals surface area contributed by atoms with Gasteiger partial charge in [0.1, 0.15) is 0 Å². The first-order chi connectivity index (χ1) is 14.5. The lowest BCUT2D eigenvalue weighted by molar-refractivity contribution is 0.0941. The summed E-state index contributed by atoms with van der Waals surface area (Å²) < 4.78 is 1.50. The summed E-state index contributed by atoms with van der Waals surface area (Å²) in [6.45, 7) is 3.75. The van der Waals surface area contributed by atoms with Crippen LogP contribution in [0.15, 0.2) is 66.9 Å². The minimum absolute atomic E-state index is 0.0235. The van der Waals surface area contributed by atoms with Crippen LogP contribution in [0, 0.1) is 6.92 Å². The fourth-order valence-corrected chi connectivity index (χ4v) is 3.07. The summed E-state index contributed by atoms with van der Waals surface area (Å²) in [5.41, 5.74) is 2.53. The van der Waals surface area contributed by atoms with Crippen molar-refractivity contribution in [3.05, 3.63) is 89.5 Å². The fourth-order valence-electron chi connectivity index (χ4n) is 3.07. The van der Waals surface area contributed by atoms with Crippen LogP contribution in [-0.4, -0.2) is 31.4 Å². The number of rotatable bonds is 5. The number of aromatic nitrogens is 4. The lowest BCUT2D eigenvalue weighted by Gasteiger charge is -2.16. The molecule has 0 bridgehead atoms. The van der Waals surface area contributed by atoms with Crippen molar-refractivity contribution in [1.29, 1.82) is 0 Å². The first-order valence-corrected chi connectivity index (χ1v) is 9.47. The second-order valence-corrected chi connectivity index (χ2v) is 6.84. The van der Waals surface area contributed by atoms with E-state index in [1.165, 1.54) is 4.52 Å². The van der Waals surface area contributed by atoms with Crippen molar-refractivity contribution in [2.45, 2.75) is 19.9 Å². The highest BCUT2D eigenvalue weighted by atomic mass is 16.2. The van der Waals surface area contributed by atoms with E-state index >= 15 is 0 Å². The van der Waals surface area contributed by atoms with Crippen LogP contribution in [0.25, 0.3) is 5.78 Å². The van der Waals surface area contributed by atoms with Gasteiger partial charge < -0.3 is 10.6 Å². The third-order valence-electron chi connectivity index (χ3n) is 4.70. The maximum absolute atomic E-state index is 12.8. The molecule has 30 heavy (non-hydrogen) atoms. The van der Waals surface area contributed by atoms with E-state index in [-0.39, 0.29) is 17.8 Å². The molecular formula is C22H20N6O2. The Morgan fingerprint density at radius 3 is 2.47 bits per heavy atom. The second kappa shape index (κ2) is 8.12. The van der Waals surface area contributed by atoms with E-state index in [4.69, 9.17) is 0 Å². The third-order valence-corrected chi connectivity index (χ3v) is 4.70. The highest BCUT2D eigenvalue weighted by molar-refractivity contribution is 6.07. The number of fused-ring (bicyclic) bond motifs is 1. The Hall–Kier alpha value is -4.07. The molecule has 0 fully saturated rings. The summed E-state index contributed by atoms with van der Waals surface area (Å²) in [6.07, 6.45) is 1.61. The third kappa shape index (κ3) is 3.88. The standard InChI is InChI=1S/C22H20N6O2/c1-14-12-13-23-22-26-19(27-28(14)22)21(30)25-18-11-7-6-10-17(18)20(29)24-15(2)16-8-4-3-5-9-16/h3-13,15H,1-2H3,(H,24,29)(H,25,30)/t15-/m0/s1. The molecule has 2 aromatic carbocycles. The Morgan fingerprint density at radius 1 is 0.967 bits per heavy atom. The maximum Gasteiger partial charge on any atom is 0.295 e. The zero-order valence-corrected chi connectivity index (χ0v) is 16.5. The first kappa shape index (κ1) is 19.3. The zero-order chi connectivity index (χ0) is 21.1. The maximum atomic E-state index is 12.8. The van der Waals surface area contributed by atoms with Crippen molar-refractivity contribution in [2.75, 3.05) is 5.32 Å². The monoisotopic (exact) mass is 400 g/mol. The number of nitrogens with zero attached hydrogens (tertiary/aromatic N) is 4. The molecule has 8 heteroatoms. The zero-order valence-electron chi connectivity index (χ0n) is 16.5. The number of hydrogen-bond donors (Lipinski definition) is 2. The normalized spacial score (nSPS) is 11.8. The van der Waals surface area contributed by atoms with E-state index in [0.29, 0.717) is 17.0 Å². The van der Waals surface area contributed by atoms with Gasteiger partial charge in [-0.2, -0.15) is 4.98 Å². The molecule has 8 nitrogen and oxygen atoms in total. The van der Waals surface area contributed by atoms with Crippen LogP contribution in [-0.2, 0) is 0 Å². The van der Waals surface area contributed by atoms with Gasteiger partial charge in [-0.1, -0.05) is 42.5 Å². The van der Waals surface area contributed by atoms with Crippen molar-refractivity contribution in [3.63, 3.8) is 0 Å². The number of nitrogens with one attached hydrogen (secondary N) is 2. The molecule has 0 radical (unpaired) electrons. The molecule has 150 valence electrons. The minimum Gasteiger partial charge on any atom is -0.345 e. The van der Waals surface area contributed by atoms with E-state index < -0.39 is 5.91 Å². The molecule has 0 unspecified atom stereocenters. The van der Waals surface area contributed by atoms with Crippen LogP contribution in [0.3, 0.4) is 0 Å². The van der Waals surface area contributed by atoms with Crippen molar-refractivity contribution >= 4 is 23.3 Å². The average molecular weight is 400 g/mol. The molecule has 1 atom stereocenters. The Bertz CT molecular complexity index is 1220. The number of aryl methyl sites for hydroxylation is 1. The quantitative estimate of drug-likeness (QED) is 0.536. The predicted octanol–water partition coefficient (Wildman–Crippen LogP) is 3.18. The molecule has 0 spiro atoms. The molecule has 0 aliphatic carbocycles. The number of hydrogen-bond acceptors (Lipinski definition) is 5. The Labute approximate surface area is 173 Å². The second-order valence-electron chi connectivity index (χ2n) is 6.84. The van der Waals surface area contributed by atoms with Crippen LogP contribution in [0.5, 0.6) is 0 Å². The van der Waals surface area contributed by atoms with Gasteiger partial charge >= 0.3 is 0 Å². The van der Waals surface area contributed by atoms with Crippen LogP contribution in [0.4, 0.5) is 5.69 Å². The van der Waals surface area contributed by atoms with Gasteiger partial charge in [0.15, 0.2) is 0 Å². The summed E-state index contributed by atoms with van der Waals surface area (Å²) in [7, 11) is 0. The van der Waals surface area contributed by atoms with Gasteiger partial charge in [-0.05, 0) is 37.6 Å². The molecule has 0 aliphatic rings. The SMILES string of the molecule is Cc1ccnc2nc(C(=O)Nc3ccccc3C(=O)N[C@@H](C)c3ccccc3)nn12. The number of carbonyl (C=O) groups excluding carboxylic acids is 2. The van der Waals surface area contributed by atoms with Gasteiger partial charge in [0.05, 0.1) is 17.3 Å². The van der Waals surface area contributed by atoms with Gasteiger partial charge in [0.2, 0.25) is 5.82 Å². The molecule has 0 aliphatic heterocycles. The number of anilines is 1. The molecule has 2 heterocycles. The average Bonchev–Trinajstić information content (AvgIpc) is 3.21. The van der Waals surface area contributed by atoms with Crippen LogP contribution >= 0.6 is 0 Å². The van der Waals surface area contributed by atoms with Crippen molar-refractivity contribution in [3.8, 4) is 0 Å². The van der Waals surface area contributed by atoms with E-state index in [1.807, 2.05) is 44.2 Å². The molecule has 2 aromatic heterocycles. The fraction of sp³-hybridized carbons (Fsp3) is 0.136. The molecule has 2 N–H and O–H groups in total. The Balaban J connectivity index is 1.54. The topological polar surface area (TPSA) is 101 Å². The molecule has 2 amide bonds. The summed E-state index contributed by atoms with van der Waals surface area (Å²) in [5.74, 6) is -0.494. The largest absolute Gasteiger partial charge is 0.345 e. The Morgan fingerprint density at radius 2 is 1.70 bits per heavy atom. The molecule has 4 aromatic rings. The summed E-state index contributed by atoms with van der Waals surface area (Å²) in [4.78, 5) is 33.8. The van der Waals surface area contributed by atoms with Gasteiger partial charge in [-0.25, -0.2) is 9.50 Å². The van der Waals surface area contributed by atoms with Crippen LogP contribution in [0.2, 0.25) is 0 Å². The van der Waals surface area contributed by atoms with Crippen LogP contribution < -0.4 is 10.6 Å². The van der Waals surface area contributed by atoms with E-state index in [9.17, 15) is 9.59 Å². The molecular weight excluding hydrogens is 380 g/mol. The first-order valence-electron chi connectivity index (χ1n) is 9.47. The predicted molar refractivity (Wildman–Crippen MR) is 112 cm³/mol. The molecule has 0 saturated heterocycles. The smallest absolute Gasteiger partial charge is 0.295 e. The minimum atomic E-state index is -0.517. The van der Waals surface area contributed by atoms with Gasteiger partial charge in [0, 0.05) is 11.9 Å². The Kier molecular flexibility index (Phi) is 5.21. The van der Waals surface area contributed by atoms with Crippen molar-refractivity contribution in [1.82, 2.24) is 24.9 Å². The van der Waals surface area contributed by atoms with Gasteiger partial charge in [0.25, 0.3) is 17.6 Å². The van der Waals surface area contributed by atoms with Gasteiger partial charge in [-0.3, -0.25) is 9.59 Å². The van der Waals surface area contributed by atoms with Gasteiger partial charge in [-0.15, -0.1) is 5.10 Å².